The molecule has 0 saturated carbocycles. The Morgan fingerprint density at radius 3 is 2.28 bits per heavy atom. The van der Waals surface area contributed by atoms with Crippen LogP contribution < -0.4 is 5.32 Å². The smallest absolute Gasteiger partial charge is 0.338 e. The lowest BCUT2D eigenvalue weighted by Gasteiger charge is -2.43. The van der Waals surface area contributed by atoms with Crippen molar-refractivity contribution >= 4 is 17.9 Å². The molecule has 1 saturated heterocycles. The highest BCUT2D eigenvalue weighted by atomic mass is 16.5. The zero-order valence-electron chi connectivity index (χ0n) is 23.3. The Balaban J connectivity index is 1.64. The number of ether oxygens (including phenoxy) is 1. The zero-order chi connectivity index (χ0) is 28.1. The standard InChI is InChI=1S/C31H38N4O4/c1-6-16-35-26(20-33-17-18-34(23(5)19-33)29(36)25-14-10-22(4)11-15-25)27(30(37)39-7-2)28(32-31(35)38)24-12-8-21(3)9-13-24/h6,8-15,23,28H,1,7,16-20H2,2-5H3,(H,32,38). The molecule has 0 aromatic heterocycles. The normalized spacial score (nSPS) is 20.1. The molecule has 2 aromatic rings. The Kier molecular flexibility index (Phi) is 8.86. The maximum atomic E-state index is 13.4. The Hall–Kier alpha value is -3.91. The molecular weight excluding hydrogens is 492 g/mol. The fraction of sp³-hybridized carbons (Fsp3) is 0.387. The molecule has 39 heavy (non-hydrogen) atoms. The average molecular weight is 531 g/mol. The van der Waals surface area contributed by atoms with Crippen molar-refractivity contribution in [1.29, 1.82) is 0 Å². The third kappa shape index (κ3) is 6.23. The second-order valence-corrected chi connectivity index (χ2v) is 10.2. The third-order valence-corrected chi connectivity index (χ3v) is 7.30. The Morgan fingerprint density at radius 2 is 1.69 bits per heavy atom. The van der Waals surface area contributed by atoms with Crippen molar-refractivity contribution in [2.75, 3.05) is 39.3 Å². The van der Waals surface area contributed by atoms with E-state index in [-0.39, 0.29) is 31.1 Å². The molecule has 206 valence electrons. The SMILES string of the molecule is C=CCN1C(=O)NC(c2ccc(C)cc2)C(C(=O)OCC)=C1CN1CCN(C(=O)c2ccc(C)cc2)C(C)C1. The Labute approximate surface area is 230 Å². The fourth-order valence-electron chi connectivity index (χ4n) is 5.21. The topological polar surface area (TPSA) is 82.2 Å². The summed E-state index contributed by atoms with van der Waals surface area (Å²) < 4.78 is 5.49. The molecule has 2 aromatic carbocycles. The number of benzene rings is 2. The summed E-state index contributed by atoms with van der Waals surface area (Å²) in [6.45, 7) is 14.2. The number of amides is 3. The van der Waals surface area contributed by atoms with Crippen LogP contribution in [0.5, 0.6) is 0 Å². The van der Waals surface area contributed by atoms with E-state index in [0.717, 1.165) is 16.7 Å². The van der Waals surface area contributed by atoms with Gasteiger partial charge in [-0.1, -0.05) is 53.6 Å². The van der Waals surface area contributed by atoms with Crippen LogP contribution in [0.25, 0.3) is 0 Å². The molecule has 2 aliphatic heterocycles. The van der Waals surface area contributed by atoms with Crippen LogP contribution in [0.15, 0.2) is 72.5 Å². The summed E-state index contributed by atoms with van der Waals surface area (Å²) in [5, 5.41) is 3.01. The van der Waals surface area contributed by atoms with Gasteiger partial charge in [0.25, 0.3) is 5.91 Å². The lowest BCUT2D eigenvalue weighted by molar-refractivity contribution is -0.139. The van der Waals surface area contributed by atoms with Crippen LogP contribution in [-0.4, -0.2) is 78.0 Å². The van der Waals surface area contributed by atoms with Gasteiger partial charge in [0.15, 0.2) is 0 Å². The number of urea groups is 1. The average Bonchev–Trinajstić information content (AvgIpc) is 2.91. The van der Waals surface area contributed by atoms with Gasteiger partial charge in [0.1, 0.15) is 0 Å². The molecule has 2 aliphatic rings. The maximum absolute atomic E-state index is 13.4. The number of aryl methyl sites for hydroxylation is 2. The number of nitrogens with zero attached hydrogens (tertiary/aromatic N) is 3. The van der Waals surface area contributed by atoms with Crippen molar-refractivity contribution in [3.05, 3.63) is 94.7 Å². The number of rotatable bonds is 8. The first-order chi connectivity index (χ1) is 18.7. The molecule has 0 bridgehead atoms. The maximum Gasteiger partial charge on any atom is 0.338 e. The number of carbonyl (C=O) groups is 3. The summed E-state index contributed by atoms with van der Waals surface area (Å²) in [4.78, 5) is 45.6. The second kappa shape index (κ2) is 12.3. The Morgan fingerprint density at radius 1 is 1.05 bits per heavy atom. The van der Waals surface area contributed by atoms with Crippen LogP contribution in [-0.2, 0) is 9.53 Å². The summed E-state index contributed by atoms with van der Waals surface area (Å²) >= 11 is 0. The number of hydrogen-bond acceptors (Lipinski definition) is 5. The van der Waals surface area contributed by atoms with Crippen LogP contribution >= 0.6 is 0 Å². The highest BCUT2D eigenvalue weighted by Gasteiger charge is 2.39. The minimum Gasteiger partial charge on any atom is -0.463 e. The molecule has 0 radical (unpaired) electrons. The largest absolute Gasteiger partial charge is 0.463 e. The summed E-state index contributed by atoms with van der Waals surface area (Å²) in [7, 11) is 0. The molecule has 8 nitrogen and oxygen atoms in total. The third-order valence-electron chi connectivity index (χ3n) is 7.30. The van der Waals surface area contributed by atoms with Gasteiger partial charge in [0.2, 0.25) is 0 Å². The molecule has 0 aliphatic carbocycles. The van der Waals surface area contributed by atoms with E-state index in [1.807, 2.05) is 74.2 Å². The van der Waals surface area contributed by atoms with Crippen LogP contribution in [0, 0.1) is 13.8 Å². The highest BCUT2D eigenvalue weighted by Crippen LogP contribution is 2.32. The summed E-state index contributed by atoms with van der Waals surface area (Å²) in [5.74, 6) is -0.438. The molecular formula is C31H38N4O4. The fourth-order valence-corrected chi connectivity index (χ4v) is 5.21. The van der Waals surface area contributed by atoms with E-state index in [4.69, 9.17) is 4.74 Å². The number of carbonyl (C=O) groups excluding carboxylic acids is 3. The molecule has 2 atom stereocenters. The van der Waals surface area contributed by atoms with Gasteiger partial charge < -0.3 is 15.0 Å². The summed E-state index contributed by atoms with van der Waals surface area (Å²) in [5.41, 5.74) is 4.72. The summed E-state index contributed by atoms with van der Waals surface area (Å²) in [6, 6.07) is 14.5. The van der Waals surface area contributed by atoms with Gasteiger partial charge in [-0.25, -0.2) is 9.59 Å². The highest BCUT2D eigenvalue weighted by molar-refractivity contribution is 5.95. The zero-order valence-corrected chi connectivity index (χ0v) is 23.3. The lowest BCUT2D eigenvalue weighted by atomic mass is 9.93. The summed E-state index contributed by atoms with van der Waals surface area (Å²) in [6.07, 6.45) is 1.65. The van der Waals surface area contributed by atoms with Gasteiger partial charge in [-0.3, -0.25) is 14.6 Å². The second-order valence-electron chi connectivity index (χ2n) is 10.2. The van der Waals surface area contributed by atoms with E-state index in [9.17, 15) is 14.4 Å². The number of nitrogens with one attached hydrogen (secondary N) is 1. The molecule has 2 heterocycles. The van der Waals surface area contributed by atoms with Crippen LogP contribution in [0.3, 0.4) is 0 Å². The number of hydrogen-bond donors (Lipinski definition) is 1. The monoisotopic (exact) mass is 530 g/mol. The van der Waals surface area contributed by atoms with Crippen molar-refractivity contribution in [3.8, 4) is 0 Å². The first-order valence-corrected chi connectivity index (χ1v) is 13.5. The predicted molar refractivity (Wildman–Crippen MR) is 151 cm³/mol. The van der Waals surface area contributed by atoms with E-state index < -0.39 is 12.0 Å². The van der Waals surface area contributed by atoms with Gasteiger partial charge in [0, 0.05) is 50.0 Å². The lowest BCUT2D eigenvalue weighted by Crippen LogP contribution is -2.56. The molecule has 1 N–H and O–H groups in total. The minimum absolute atomic E-state index is 0.0124. The number of piperazine rings is 1. The van der Waals surface area contributed by atoms with Crippen LogP contribution in [0.2, 0.25) is 0 Å². The van der Waals surface area contributed by atoms with Gasteiger partial charge in [-0.05, 0) is 45.4 Å². The molecule has 8 heteroatoms. The molecule has 4 rings (SSSR count). The first-order valence-electron chi connectivity index (χ1n) is 13.5. The van der Waals surface area contributed by atoms with Gasteiger partial charge in [-0.2, -0.15) is 0 Å². The van der Waals surface area contributed by atoms with Crippen LogP contribution in [0.1, 0.15) is 46.9 Å². The van der Waals surface area contributed by atoms with Crippen molar-refractivity contribution in [3.63, 3.8) is 0 Å². The number of esters is 1. The Bertz CT molecular complexity index is 1250. The van der Waals surface area contributed by atoms with E-state index >= 15 is 0 Å². The van der Waals surface area contributed by atoms with E-state index in [1.54, 1.807) is 17.9 Å². The predicted octanol–water partition coefficient (Wildman–Crippen LogP) is 4.22. The first kappa shape index (κ1) is 28.1. The molecule has 1 fully saturated rings. The van der Waals surface area contributed by atoms with E-state index in [0.29, 0.717) is 43.0 Å². The van der Waals surface area contributed by atoms with E-state index in [2.05, 4.69) is 16.8 Å². The van der Waals surface area contributed by atoms with Gasteiger partial charge in [0.05, 0.1) is 18.2 Å². The van der Waals surface area contributed by atoms with Crippen molar-refractivity contribution in [1.82, 2.24) is 20.0 Å². The van der Waals surface area contributed by atoms with Gasteiger partial charge >= 0.3 is 12.0 Å². The molecule has 3 amide bonds. The quantitative estimate of drug-likeness (QED) is 0.408. The van der Waals surface area contributed by atoms with Gasteiger partial charge in [-0.15, -0.1) is 6.58 Å². The minimum atomic E-state index is -0.630. The van der Waals surface area contributed by atoms with Crippen LogP contribution in [0.4, 0.5) is 4.79 Å². The van der Waals surface area contributed by atoms with Crippen molar-refractivity contribution in [2.45, 2.75) is 39.8 Å². The molecule has 0 spiro atoms. The van der Waals surface area contributed by atoms with Crippen molar-refractivity contribution in [2.24, 2.45) is 0 Å². The molecule has 2 unspecified atom stereocenters. The van der Waals surface area contributed by atoms with E-state index in [1.165, 1.54) is 0 Å². The van der Waals surface area contributed by atoms with Crippen molar-refractivity contribution < 1.29 is 19.1 Å².